The predicted octanol–water partition coefficient (Wildman–Crippen LogP) is 3.73. The van der Waals surface area contributed by atoms with E-state index < -0.39 is 0 Å². The summed E-state index contributed by atoms with van der Waals surface area (Å²) < 4.78 is 0. The van der Waals surface area contributed by atoms with E-state index in [9.17, 15) is 0 Å². The first-order valence-corrected chi connectivity index (χ1v) is 6.00. The molecule has 0 spiro atoms. The van der Waals surface area contributed by atoms with E-state index in [0.717, 1.165) is 11.1 Å². The lowest BCUT2D eigenvalue weighted by Gasteiger charge is -2.30. The lowest BCUT2D eigenvalue weighted by Crippen LogP contribution is -2.23. The van der Waals surface area contributed by atoms with E-state index in [1.165, 1.54) is 0 Å². The Morgan fingerprint density at radius 2 is 1.71 bits per heavy atom. The van der Waals surface area contributed by atoms with Crippen molar-refractivity contribution in [2.45, 2.75) is 24.6 Å². The zero-order valence-electron chi connectivity index (χ0n) is 9.97. The summed E-state index contributed by atoms with van der Waals surface area (Å²) >= 11 is 6.56. The van der Waals surface area contributed by atoms with Crippen molar-refractivity contribution in [2.75, 3.05) is 0 Å². The van der Waals surface area contributed by atoms with Crippen LogP contribution >= 0.6 is 11.6 Å². The topological polar surface area (TPSA) is 25.8 Å². The van der Waals surface area contributed by atoms with Gasteiger partial charge in [-0.3, -0.25) is 9.97 Å². The van der Waals surface area contributed by atoms with E-state index >= 15 is 0 Å². The number of alkyl halides is 1. The molecule has 0 aliphatic rings. The Morgan fingerprint density at radius 3 is 2.24 bits per heavy atom. The second kappa shape index (κ2) is 4.84. The van der Waals surface area contributed by atoms with Gasteiger partial charge in [-0.25, -0.2) is 0 Å². The van der Waals surface area contributed by atoms with Crippen LogP contribution in [0.3, 0.4) is 0 Å². The van der Waals surface area contributed by atoms with Crippen LogP contribution in [0.2, 0.25) is 0 Å². The first-order valence-electron chi connectivity index (χ1n) is 5.57. The molecule has 2 aromatic heterocycles. The van der Waals surface area contributed by atoms with Gasteiger partial charge in [-0.15, -0.1) is 11.6 Å². The minimum absolute atomic E-state index is 0.125. The molecule has 88 valence electrons. The average Bonchev–Trinajstić information content (AvgIpc) is 2.40. The first kappa shape index (κ1) is 12.1. The second-order valence-electron chi connectivity index (χ2n) is 4.61. The van der Waals surface area contributed by atoms with E-state index in [1.807, 2.05) is 30.6 Å². The number of aromatic nitrogens is 2. The molecule has 2 heterocycles. The Kier molecular flexibility index (Phi) is 3.43. The molecule has 0 saturated carbocycles. The van der Waals surface area contributed by atoms with Gasteiger partial charge in [0, 0.05) is 30.2 Å². The van der Waals surface area contributed by atoms with Crippen LogP contribution in [0.15, 0.2) is 49.1 Å². The zero-order chi connectivity index (χ0) is 12.3. The van der Waals surface area contributed by atoms with Crippen LogP contribution in [-0.4, -0.2) is 9.97 Å². The van der Waals surface area contributed by atoms with Gasteiger partial charge in [-0.1, -0.05) is 26.0 Å². The highest BCUT2D eigenvalue weighted by atomic mass is 35.5. The molecule has 0 bridgehead atoms. The fourth-order valence-electron chi connectivity index (χ4n) is 1.83. The van der Waals surface area contributed by atoms with E-state index in [0.29, 0.717) is 0 Å². The fraction of sp³-hybridized carbons (Fsp3) is 0.286. The van der Waals surface area contributed by atoms with Crippen molar-refractivity contribution in [1.82, 2.24) is 9.97 Å². The molecule has 3 heteroatoms. The molecule has 0 aromatic carbocycles. The third-order valence-electron chi connectivity index (χ3n) is 3.02. The van der Waals surface area contributed by atoms with Crippen molar-refractivity contribution in [2.24, 2.45) is 0 Å². The van der Waals surface area contributed by atoms with E-state index in [2.05, 4.69) is 29.9 Å². The quantitative estimate of drug-likeness (QED) is 0.772. The normalized spacial score (nSPS) is 13.4. The molecule has 2 aromatic rings. The van der Waals surface area contributed by atoms with Crippen LogP contribution in [0.5, 0.6) is 0 Å². The molecule has 0 amide bonds. The van der Waals surface area contributed by atoms with E-state index in [4.69, 9.17) is 11.6 Å². The molecular formula is C14H15ClN2. The molecule has 0 N–H and O–H groups in total. The molecule has 0 aliphatic heterocycles. The fourth-order valence-corrected chi connectivity index (χ4v) is 2.09. The number of halogens is 1. The summed E-state index contributed by atoms with van der Waals surface area (Å²) in [5.41, 5.74) is 1.98. The van der Waals surface area contributed by atoms with Crippen molar-refractivity contribution in [1.29, 1.82) is 0 Å². The molecular weight excluding hydrogens is 232 g/mol. The molecule has 1 atom stereocenters. The Balaban J connectivity index is 2.33. The van der Waals surface area contributed by atoms with Crippen LogP contribution in [0.25, 0.3) is 0 Å². The molecule has 0 radical (unpaired) electrons. The van der Waals surface area contributed by atoms with Gasteiger partial charge in [0.1, 0.15) is 0 Å². The van der Waals surface area contributed by atoms with Crippen LogP contribution in [-0.2, 0) is 5.41 Å². The summed E-state index contributed by atoms with van der Waals surface area (Å²) in [5.74, 6) is 0. The summed E-state index contributed by atoms with van der Waals surface area (Å²) in [7, 11) is 0. The maximum Gasteiger partial charge on any atom is 0.0692 e. The summed E-state index contributed by atoms with van der Waals surface area (Å²) in [6.07, 6.45) is 7.21. The van der Waals surface area contributed by atoms with Gasteiger partial charge in [-0.05, 0) is 23.3 Å². The lowest BCUT2D eigenvalue weighted by molar-refractivity contribution is 0.501. The maximum absolute atomic E-state index is 6.56. The van der Waals surface area contributed by atoms with Crippen LogP contribution < -0.4 is 0 Å². The highest BCUT2D eigenvalue weighted by Crippen LogP contribution is 2.40. The monoisotopic (exact) mass is 246 g/mol. The van der Waals surface area contributed by atoms with Crippen molar-refractivity contribution in [3.8, 4) is 0 Å². The lowest BCUT2D eigenvalue weighted by atomic mass is 9.80. The second-order valence-corrected chi connectivity index (χ2v) is 5.05. The van der Waals surface area contributed by atoms with Gasteiger partial charge in [0.15, 0.2) is 0 Å². The van der Waals surface area contributed by atoms with Crippen LogP contribution in [0, 0.1) is 0 Å². The number of hydrogen-bond acceptors (Lipinski definition) is 2. The van der Waals surface area contributed by atoms with Gasteiger partial charge in [-0.2, -0.15) is 0 Å². The molecule has 2 nitrogen and oxygen atoms in total. The van der Waals surface area contributed by atoms with Crippen molar-refractivity contribution < 1.29 is 0 Å². The molecule has 0 unspecified atom stereocenters. The van der Waals surface area contributed by atoms with Crippen LogP contribution in [0.1, 0.15) is 30.4 Å². The van der Waals surface area contributed by atoms with Gasteiger partial charge < -0.3 is 0 Å². The van der Waals surface area contributed by atoms with Gasteiger partial charge in [0.2, 0.25) is 0 Å². The SMILES string of the molecule is CC(C)(c1cccnc1)[C@H](Cl)c1cccnc1. The van der Waals surface area contributed by atoms with Crippen molar-refractivity contribution in [3.05, 3.63) is 60.2 Å². The summed E-state index contributed by atoms with van der Waals surface area (Å²) in [4.78, 5) is 8.27. The van der Waals surface area contributed by atoms with Gasteiger partial charge in [0.25, 0.3) is 0 Å². The minimum Gasteiger partial charge on any atom is -0.264 e. The number of nitrogens with zero attached hydrogens (tertiary/aromatic N) is 2. The smallest absolute Gasteiger partial charge is 0.0692 e. The standard InChI is InChI=1S/C14H15ClN2/c1-14(2,12-6-4-8-17-10-12)13(15)11-5-3-7-16-9-11/h3-10,13H,1-2H3/t13-/m1/s1. The molecule has 2 rings (SSSR count). The van der Waals surface area contributed by atoms with Crippen LogP contribution in [0.4, 0.5) is 0 Å². The Hall–Kier alpha value is -1.41. The first-order chi connectivity index (χ1) is 8.12. The molecule has 0 fully saturated rings. The highest BCUT2D eigenvalue weighted by Gasteiger charge is 2.31. The zero-order valence-corrected chi connectivity index (χ0v) is 10.7. The van der Waals surface area contributed by atoms with E-state index in [-0.39, 0.29) is 10.8 Å². The molecule has 17 heavy (non-hydrogen) atoms. The largest absolute Gasteiger partial charge is 0.264 e. The maximum atomic E-state index is 6.56. The third-order valence-corrected chi connectivity index (χ3v) is 3.81. The van der Waals surface area contributed by atoms with Crippen molar-refractivity contribution >= 4 is 11.6 Å². The average molecular weight is 247 g/mol. The van der Waals surface area contributed by atoms with Gasteiger partial charge >= 0.3 is 0 Å². The summed E-state index contributed by atoms with van der Waals surface area (Å²) in [5, 5.41) is -0.125. The van der Waals surface area contributed by atoms with Crippen molar-refractivity contribution in [3.63, 3.8) is 0 Å². The number of rotatable bonds is 3. The predicted molar refractivity (Wildman–Crippen MR) is 70.1 cm³/mol. The molecule has 0 aliphatic carbocycles. The summed E-state index contributed by atoms with van der Waals surface area (Å²) in [6.45, 7) is 4.24. The van der Waals surface area contributed by atoms with Gasteiger partial charge in [0.05, 0.1) is 5.38 Å². The molecule has 0 saturated heterocycles. The number of pyridine rings is 2. The summed E-state index contributed by atoms with van der Waals surface area (Å²) in [6, 6.07) is 7.90. The third kappa shape index (κ3) is 2.47. The minimum atomic E-state index is -0.182. The number of hydrogen-bond donors (Lipinski definition) is 0. The Morgan fingerprint density at radius 1 is 1.06 bits per heavy atom. The van der Waals surface area contributed by atoms with E-state index in [1.54, 1.807) is 12.4 Å². The Labute approximate surface area is 107 Å². The Bertz CT molecular complexity index is 468. The highest BCUT2D eigenvalue weighted by molar-refractivity contribution is 6.21.